The van der Waals surface area contributed by atoms with E-state index in [9.17, 15) is 9.59 Å². The highest BCUT2D eigenvalue weighted by atomic mass is 16.5. The average molecular weight is 215 g/mol. The van der Waals surface area contributed by atoms with Gasteiger partial charge in [-0.25, -0.2) is 9.59 Å². The zero-order chi connectivity index (χ0) is 12.3. The van der Waals surface area contributed by atoms with Gasteiger partial charge in [0.25, 0.3) is 0 Å². The SMILES string of the molecule is C=CCCC(=C)C(=O)O.CCOC(N)=O. The molecule has 86 valence electrons. The van der Waals surface area contributed by atoms with Gasteiger partial charge < -0.3 is 15.6 Å². The number of allylic oxidation sites excluding steroid dienone is 1. The number of hydrogen-bond acceptors (Lipinski definition) is 3. The zero-order valence-corrected chi connectivity index (χ0v) is 8.86. The Hall–Kier alpha value is -1.78. The summed E-state index contributed by atoms with van der Waals surface area (Å²) in [6, 6.07) is 0. The van der Waals surface area contributed by atoms with Crippen molar-refractivity contribution < 1.29 is 19.4 Å². The maximum Gasteiger partial charge on any atom is 0.404 e. The third kappa shape index (κ3) is 15.0. The molecule has 0 spiro atoms. The van der Waals surface area contributed by atoms with Crippen LogP contribution in [0.25, 0.3) is 0 Å². The summed E-state index contributed by atoms with van der Waals surface area (Å²) in [5.74, 6) is -0.920. The van der Waals surface area contributed by atoms with Crippen molar-refractivity contribution in [3.63, 3.8) is 0 Å². The van der Waals surface area contributed by atoms with Gasteiger partial charge in [0.05, 0.1) is 6.61 Å². The Bertz CT molecular complexity index is 236. The largest absolute Gasteiger partial charge is 0.478 e. The Morgan fingerprint density at radius 3 is 2.27 bits per heavy atom. The van der Waals surface area contributed by atoms with Crippen molar-refractivity contribution in [2.75, 3.05) is 6.61 Å². The van der Waals surface area contributed by atoms with Crippen LogP contribution in [-0.2, 0) is 9.53 Å². The van der Waals surface area contributed by atoms with E-state index in [1.54, 1.807) is 13.0 Å². The second-order valence-electron chi connectivity index (χ2n) is 2.49. The number of rotatable bonds is 5. The predicted molar refractivity (Wildman–Crippen MR) is 57.4 cm³/mol. The van der Waals surface area contributed by atoms with Gasteiger partial charge >= 0.3 is 12.1 Å². The standard InChI is InChI=1S/C7H10O2.C3H7NO2/c1-3-4-5-6(2)7(8)9;1-2-6-3(4)5/h3H,1-2,4-5H2,(H,8,9);2H2,1H3,(H2,4,5). The number of carbonyl (C=O) groups is 2. The van der Waals surface area contributed by atoms with Crippen molar-refractivity contribution in [1.82, 2.24) is 0 Å². The topological polar surface area (TPSA) is 89.6 Å². The first-order chi connectivity index (χ1) is 6.95. The van der Waals surface area contributed by atoms with E-state index in [0.717, 1.165) is 0 Å². The summed E-state index contributed by atoms with van der Waals surface area (Å²) in [5, 5.41) is 8.27. The minimum Gasteiger partial charge on any atom is -0.478 e. The molecule has 0 aliphatic carbocycles. The van der Waals surface area contributed by atoms with Crippen LogP contribution in [0.1, 0.15) is 19.8 Å². The molecule has 0 aromatic carbocycles. The van der Waals surface area contributed by atoms with Crippen molar-refractivity contribution in [2.45, 2.75) is 19.8 Å². The van der Waals surface area contributed by atoms with Crippen LogP contribution in [0, 0.1) is 0 Å². The van der Waals surface area contributed by atoms with Gasteiger partial charge in [0.2, 0.25) is 0 Å². The van der Waals surface area contributed by atoms with E-state index in [1.165, 1.54) is 0 Å². The van der Waals surface area contributed by atoms with Crippen LogP contribution in [0.2, 0.25) is 0 Å². The van der Waals surface area contributed by atoms with Gasteiger partial charge in [-0.2, -0.15) is 0 Å². The smallest absolute Gasteiger partial charge is 0.404 e. The Morgan fingerprint density at radius 1 is 1.53 bits per heavy atom. The van der Waals surface area contributed by atoms with E-state index in [-0.39, 0.29) is 5.57 Å². The molecule has 0 bridgehead atoms. The highest BCUT2D eigenvalue weighted by molar-refractivity contribution is 5.85. The summed E-state index contributed by atoms with van der Waals surface area (Å²) in [6.07, 6.45) is 2.15. The molecule has 3 N–H and O–H groups in total. The van der Waals surface area contributed by atoms with Crippen LogP contribution in [0.3, 0.4) is 0 Å². The van der Waals surface area contributed by atoms with E-state index < -0.39 is 12.1 Å². The van der Waals surface area contributed by atoms with E-state index in [4.69, 9.17) is 5.11 Å². The molecule has 0 heterocycles. The fourth-order valence-corrected chi connectivity index (χ4v) is 0.525. The Balaban J connectivity index is 0. The number of primary amides is 1. The van der Waals surface area contributed by atoms with Gasteiger partial charge in [0, 0.05) is 5.57 Å². The molecule has 5 heteroatoms. The molecule has 0 rings (SSSR count). The first-order valence-corrected chi connectivity index (χ1v) is 4.39. The van der Waals surface area contributed by atoms with Crippen LogP contribution in [-0.4, -0.2) is 23.8 Å². The first-order valence-electron chi connectivity index (χ1n) is 4.39. The van der Waals surface area contributed by atoms with E-state index in [1.807, 2.05) is 0 Å². The summed E-state index contributed by atoms with van der Waals surface area (Å²) >= 11 is 0. The number of carboxylic acid groups (broad SMARTS) is 1. The summed E-state index contributed by atoms with van der Waals surface area (Å²) in [4.78, 5) is 19.7. The minimum atomic E-state index is -0.920. The Labute approximate surface area is 89.2 Å². The third-order valence-corrected chi connectivity index (χ3v) is 1.24. The van der Waals surface area contributed by atoms with Gasteiger partial charge in [0.15, 0.2) is 0 Å². The van der Waals surface area contributed by atoms with Crippen molar-refractivity contribution in [1.29, 1.82) is 0 Å². The lowest BCUT2D eigenvalue weighted by atomic mass is 10.2. The molecule has 1 amide bonds. The molecule has 0 aromatic heterocycles. The molecule has 0 aliphatic rings. The highest BCUT2D eigenvalue weighted by Gasteiger charge is 1.99. The fraction of sp³-hybridized carbons (Fsp3) is 0.400. The summed E-state index contributed by atoms with van der Waals surface area (Å²) < 4.78 is 4.18. The second-order valence-corrected chi connectivity index (χ2v) is 2.49. The van der Waals surface area contributed by atoms with Gasteiger partial charge in [-0.3, -0.25) is 0 Å². The zero-order valence-electron chi connectivity index (χ0n) is 8.86. The molecule has 0 aliphatic heterocycles. The highest BCUT2D eigenvalue weighted by Crippen LogP contribution is 2.01. The molecule has 0 saturated carbocycles. The second kappa shape index (κ2) is 10.3. The van der Waals surface area contributed by atoms with Crippen LogP contribution >= 0.6 is 0 Å². The maximum atomic E-state index is 10.1. The quantitative estimate of drug-likeness (QED) is 0.539. The monoisotopic (exact) mass is 215 g/mol. The van der Waals surface area contributed by atoms with Gasteiger partial charge in [-0.05, 0) is 19.8 Å². The number of nitrogens with two attached hydrogens (primary N) is 1. The normalized spacial score (nSPS) is 8.07. The van der Waals surface area contributed by atoms with E-state index in [2.05, 4.69) is 23.6 Å². The number of ether oxygens (including phenoxy) is 1. The summed E-state index contributed by atoms with van der Waals surface area (Å²) in [5.41, 5.74) is 4.79. The lowest BCUT2D eigenvalue weighted by Gasteiger charge is -1.93. The van der Waals surface area contributed by atoms with Crippen LogP contribution in [0.15, 0.2) is 24.8 Å². The van der Waals surface area contributed by atoms with Crippen LogP contribution < -0.4 is 5.73 Å². The minimum absolute atomic E-state index is 0.245. The number of carbonyl (C=O) groups excluding carboxylic acids is 1. The van der Waals surface area contributed by atoms with Crippen LogP contribution in [0.4, 0.5) is 4.79 Å². The molecular formula is C10H17NO4. The van der Waals surface area contributed by atoms with Crippen LogP contribution in [0.5, 0.6) is 0 Å². The number of carboxylic acids is 1. The number of aliphatic carboxylic acids is 1. The fourth-order valence-electron chi connectivity index (χ4n) is 0.525. The third-order valence-electron chi connectivity index (χ3n) is 1.24. The Morgan fingerprint density at radius 2 is 2.07 bits per heavy atom. The Kier molecular flexibility index (Phi) is 10.8. The molecular weight excluding hydrogens is 198 g/mol. The van der Waals surface area contributed by atoms with Crippen molar-refractivity contribution in [3.8, 4) is 0 Å². The molecule has 0 unspecified atom stereocenters. The van der Waals surface area contributed by atoms with E-state index in [0.29, 0.717) is 19.4 Å². The lowest BCUT2D eigenvalue weighted by molar-refractivity contribution is -0.132. The molecule has 0 saturated heterocycles. The van der Waals surface area contributed by atoms with Crippen molar-refractivity contribution in [2.24, 2.45) is 5.73 Å². The summed E-state index contributed by atoms with van der Waals surface area (Å²) in [7, 11) is 0. The van der Waals surface area contributed by atoms with E-state index >= 15 is 0 Å². The van der Waals surface area contributed by atoms with Gasteiger partial charge in [0.1, 0.15) is 0 Å². The molecule has 0 aromatic rings. The molecule has 5 nitrogen and oxygen atoms in total. The molecule has 0 fully saturated rings. The maximum absolute atomic E-state index is 10.1. The molecule has 15 heavy (non-hydrogen) atoms. The van der Waals surface area contributed by atoms with Crippen molar-refractivity contribution >= 4 is 12.1 Å². The summed E-state index contributed by atoms with van der Waals surface area (Å²) in [6.45, 7) is 8.86. The van der Waals surface area contributed by atoms with Gasteiger partial charge in [-0.15, -0.1) is 6.58 Å². The van der Waals surface area contributed by atoms with Crippen molar-refractivity contribution in [3.05, 3.63) is 24.8 Å². The number of hydrogen-bond donors (Lipinski definition) is 2. The average Bonchev–Trinajstić information content (AvgIpc) is 2.14. The number of amides is 1. The molecule has 0 atom stereocenters. The first kappa shape index (κ1) is 15.7. The lowest BCUT2D eigenvalue weighted by Crippen LogP contribution is -2.11. The molecule has 0 radical (unpaired) electrons. The predicted octanol–water partition coefficient (Wildman–Crippen LogP) is 1.70. The van der Waals surface area contributed by atoms with Gasteiger partial charge in [-0.1, -0.05) is 12.7 Å².